The monoisotopic (exact) mass is 419 g/mol. The van der Waals surface area contributed by atoms with Crippen LogP contribution >= 0.6 is 23.4 Å². The number of ether oxygens (including phenoxy) is 1. The minimum atomic E-state index is -0.143. The summed E-state index contributed by atoms with van der Waals surface area (Å²) in [4.78, 5) is 15.5. The lowest BCUT2D eigenvalue weighted by molar-refractivity contribution is 0.0342. The molecule has 0 bridgehead atoms. The number of carbonyl (C=O) groups excluding carboxylic acids is 1. The van der Waals surface area contributed by atoms with Crippen LogP contribution in [0.25, 0.3) is 0 Å². The fourth-order valence-corrected chi connectivity index (χ4v) is 3.86. The summed E-state index contributed by atoms with van der Waals surface area (Å²) >= 11 is 7.57. The Kier molecular flexibility index (Phi) is 8.48. The molecule has 2 aromatic carbocycles. The fraction of sp³-hybridized carbons (Fsp3) is 0.381. The van der Waals surface area contributed by atoms with Gasteiger partial charge in [0.05, 0.1) is 13.2 Å². The molecule has 150 valence electrons. The van der Waals surface area contributed by atoms with E-state index in [1.165, 1.54) is 5.56 Å². The van der Waals surface area contributed by atoms with E-state index in [2.05, 4.69) is 27.7 Å². The predicted molar refractivity (Wildman–Crippen MR) is 115 cm³/mol. The molecule has 0 aliphatic carbocycles. The molecule has 5 nitrogen and oxygen atoms in total. The van der Waals surface area contributed by atoms with Crippen LogP contribution in [-0.4, -0.2) is 49.5 Å². The summed E-state index contributed by atoms with van der Waals surface area (Å²) in [5.41, 5.74) is 2.37. The van der Waals surface area contributed by atoms with Crippen LogP contribution in [0.15, 0.2) is 53.4 Å². The maximum absolute atomic E-state index is 12.0. The number of thioether (sulfide) groups is 1. The van der Waals surface area contributed by atoms with Crippen molar-refractivity contribution < 1.29 is 9.53 Å². The fourth-order valence-electron chi connectivity index (χ4n) is 2.96. The number of carbonyl (C=O) groups is 1. The molecule has 2 N–H and O–H groups in total. The number of nitrogens with zero attached hydrogens (tertiary/aromatic N) is 1. The Bertz CT molecular complexity index is 752. The first-order valence-electron chi connectivity index (χ1n) is 9.47. The van der Waals surface area contributed by atoms with Crippen LogP contribution < -0.4 is 10.6 Å². The Morgan fingerprint density at radius 2 is 1.82 bits per heavy atom. The van der Waals surface area contributed by atoms with Crippen LogP contribution in [0.4, 0.5) is 4.79 Å². The molecule has 2 aromatic rings. The van der Waals surface area contributed by atoms with Gasteiger partial charge in [-0.15, -0.1) is 11.8 Å². The zero-order chi connectivity index (χ0) is 19.6. The Balaban J connectivity index is 1.34. The van der Waals surface area contributed by atoms with Crippen molar-refractivity contribution in [1.82, 2.24) is 15.5 Å². The number of rotatable bonds is 8. The average Bonchev–Trinajstić information content (AvgIpc) is 2.72. The van der Waals surface area contributed by atoms with E-state index < -0.39 is 0 Å². The summed E-state index contributed by atoms with van der Waals surface area (Å²) < 4.78 is 5.39. The van der Waals surface area contributed by atoms with Crippen LogP contribution in [-0.2, 0) is 17.8 Å². The van der Waals surface area contributed by atoms with Crippen molar-refractivity contribution in [3.05, 3.63) is 64.7 Å². The van der Waals surface area contributed by atoms with Crippen molar-refractivity contribution in [2.24, 2.45) is 0 Å². The molecule has 0 saturated carbocycles. The molecule has 0 spiro atoms. The van der Waals surface area contributed by atoms with E-state index >= 15 is 0 Å². The van der Waals surface area contributed by atoms with Gasteiger partial charge < -0.3 is 15.4 Å². The number of halogens is 1. The molecule has 1 aliphatic heterocycles. The Hall–Kier alpha value is -1.73. The average molecular weight is 420 g/mol. The van der Waals surface area contributed by atoms with Gasteiger partial charge in [-0.1, -0.05) is 35.9 Å². The molecule has 1 fully saturated rings. The number of amides is 2. The van der Waals surface area contributed by atoms with Gasteiger partial charge in [-0.3, -0.25) is 4.90 Å². The number of benzene rings is 2. The Morgan fingerprint density at radius 1 is 1.07 bits per heavy atom. The lowest BCUT2D eigenvalue weighted by Gasteiger charge is -2.26. The highest BCUT2D eigenvalue weighted by atomic mass is 35.5. The van der Waals surface area contributed by atoms with Crippen molar-refractivity contribution in [2.75, 3.05) is 38.6 Å². The van der Waals surface area contributed by atoms with Crippen LogP contribution in [0.1, 0.15) is 11.1 Å². The maximum Gasteiger partial charge on any atom is 0.315 e. The molecular formula is C21H26ClN3O2S. The summed E-state index contributed by atoms with van der Waals surface area (Å²) in [6.07, 6.45) is 0. The van der Waals surface area contributed by atoms with E-state index in [0.717, 1.165) is 54.1 Å². The first-order valence-corrected chi connectivity index (χ1v) is 10.8. The molecule has 28 heavy (non-hydrogen) atoms. The van der Waals surface area contributed by atoms with Gasteiger partial charge in [-0.05, 0) is 35.4 Å². The molecule has 0 atom stereocenters. The normalized spacial score (nSPS) is 14.6. The quantitative estimate of drug-likeness (QED) is 0.505. The third-order valence-electron chi connectivity index (χ3n) is 4.42. The number of urea groups is 1. The van der Waals surface area contributed by atoms with E-state index in [1.807, 2.05) is 36.4 Å². The van der Waals surface area contributed by atoms with Gasteiger partial charge in [-0.2, -0.15) is 0 Å². The number of hydrogen-bond donors (Lipinski definition) is 2. The summed E-state index contributed by atoms with van der Waals surface area (Å²) in [5, 5.41) is 6.55. The SMILES string of the molecule is O=C(NCCSc1ccc(Cl)cc1)NCc1cccc(CN2CCOCC2)c1. The van der Waals surface area contributed by atoms with E-state index in [-0.39, 0.29) is 6.03 Å². The van der Waals surface area contributed by atoms with Crippen molar-refractivity contribution >= 4 is 29.4 Å². The molecule has 1 heterocycles. The number of morpholine rings is 1. The largest absolute Gasteiger partial charge is 0.379 e. The van der Waals surface area contributed by atoms with E-state index in [1.54, 1.807) is 11.8 Å². The highest BCUT2D eigenvalue weighted by molar-refractivity contribution is 7.99. The van der Waals surface area contributed by atoms with Crippen molar-refractivity contribution in [2.45, 2.75) is 18.0 Å². The molecule has 0 unspecified atom stereocenters. The Labute approximate surface area is 175 Å². The number of nitrogens with one attached hydrogen (secondary N) is 2. The van der Waals surface area contributed by atoms with Gasteiger partial charge in [0.1, 0.15) is 0 Å². The summed E-state index contributed by atoms with van der Waals surface area (Å²) in [6.45, 7) is 5.60. The van der Waals surface area contributed by atoms with Gasteiger partial charge in [-0.25, -0.2) is 4.79 Å². The molecule has 7 heteroatoms. The Morgan fingerprint density at radius 3 is 2.61 bits per heavy atom. The minimum absolute atomic E-state index is 0.143. The number of hydrogen-bond acceptors (Lipinski definition) is 4. The summed E-state index contributed by atoms with van der Waals surface area (Å²) in [6, 6.07) is 15.9. The zero-order valence-electron chi connectivity index (χ0n) is 15.8. The van der Waals surface area contributed by atoms with Gasteiger partial charge >= 0.3 is 6.03 Å². The standard InChI is InChI=1S/C21H26ClN3O2S/c22-19-4-6-20(7-5-19)28-13-8-23-21(26)24-15-17-2-1-3-18(14-17)16-25-9-11-27-12-10-25/h1-7,14H,8-13,15-16H2,(H2,23,24,26). The molecular weight excluding hydrogens is 394 g/mol. The zero-order valence-corrected chi connectivity index (χ0v) is 17.4. The third kappa shape index (κ3) is 7.36. The molecule has 1 saturated heterocycles. The lowest BCUT2D eigenvalue weighted by Crippen LogP contribution is -2.36. The third-order valence-corrected chi connectivity index (χ3v) is 5.69. The molecule has 0 aromatic heterocycles. The second-order valence-corrected chi connectivity index (χ2v) is 8.23. The van der Waals surface area contributed by atoms with Crippen molar-refractivity contribution in [3.8, 4) is 0 Å². The minimum Gasteiger partial charge on any atom is -0.379 e. The van der Waals surface area contributed by atoms with Crippen LogP contribution in [0, 0.1) is 0 Å². The van der Waals surface area contributed by atoms with Crippen molar-refractivity contribution in [3.63, 3.8) is 0 Å². The van der Waals surface area contributed by atoms with Gasteiger partial charge in [0.2, 0.25) is 0 Å². The molecule has 0 radical (unpaired) electrons. The van der Waals surface area contributed by atoms with Gasteiger partial charge in [0, 0.05) is 48.4 Å². The summed E-state index contributed by atoms with van der Waals surface area (Å²) in [5.74, 6) is 0.810. The summed E-state index contributed by atoms with van der Waals surface area (Å²) in [7, 11) is 0. The second kappa shape index (κ2) is 11.3. The predicted octanol–water partition coefficient (Wildman–Crippen LogP) is 3.76. The molecule has 3 rings (SSSR count). The first-order chi connectivity index (χ1) is 13.7. The molecule has 1 aliphatic rings. The second-order valence-electron chi connectivity index (χ2n) is 6.62. The van der Waals surface area contributed by atoms with E-state index in [0.29, 0.717) is 13.1 Å². The lowest BCUT2D eigenvalue weighted by atomic mass is 10.1. The van der Waals surface area contributed by atoms with E-state index in [4.69, 9.17) is 16.3 Å². The van der Waals surface area contributed by atoms with Gasteiger partial charge in [0.15, 0.2) is 0 Å². The van der Waals surface area contributed by atoms with E-state index in [9.17, 15) is 4.79 Å². The smallest absolute Gasteiger partial charge is 0.315 e. The maximum atomic E-state index is 12.0. The first kappa shape index (κ1) is 21.0. The van der Waals surface area contributed by atoms with Crippen LogP contribution in [0.3, 0.4) is 0 Å². The highest BCUT2D eigenvalue weighted by Crippen LogP contribution is 2.19. The van der Waals surface area contributed by atoms with Gasteiger partial charge in [0.25, 0.3) is 0 Å². The molecule has 2 amide bonds. The van der Waals surface area contributed by atoms with Crippen molar-refractivity contribution in [1.29, 1.82) is 0 Å². The highest BCUT2D eigenvalue weighted by Gasteiger charge is 2.10. The van der Waals surface area contributed by atoms with Crippen LogP contribution in [0.5, 0.6) is 0 Å². The topological polar surface area (TPSA) is 53.6 Å². The van der Waals surface area contributed by atoms with Crippen LogP contribution in [0.2, 0.25) is 5.02 Å².